The Kier molecular flexibility index (Phi) is 6.17. The minimum absolute atomic E-state index is 0.133. The summed E-state index contributed by atoms with van der Waals surface area (Å²) in [5.41, 5.74) is 5.35. The number of benzene rings is 1. The molecule has 0 saturated carbocycles. The van der Waals surface area contributed by atoms with Gasteiger partial charge in [-0.05, 0) is 37.5 Å². The summed E-state index contributed by atoms with van der Waals surface area (Å²) in [6.45, 7) is 0. The Morgan fingerprint density at radius 2 is 2.15 bits per heavy atom. The van der Waals surface area contributed by atoms with Gasteiger partial charge in [0.05, 0.1) is 6.07 Å². The molecule has 5 nitrogen and oxygen atoms in total. The third-order valence-electron chi connectivity index (χ3n) is 2.77. The van der Waals surface area contributed by atoms with E-state index in [1.54, 1.807) is 0 Å². The number of rotatable bonds is 7. The molecule has 20 heavy (non-hydrogen) atoms. The predicted octanol–water partition coefficient (Wildman–Crippen LogP) is 1.49. The molecular formula is C14H16FN3O2. The van der Waals surface area contributed by atoms with E-state index in [1.165, 1.54) is 18.2 Å². The number of hydrogen-bond acceptors (Lipinski definition) is 3. The lowest BCUT2D eigenvalue weighted by Crippen LogP contribution is -2.44. The smallest absolute Gasteiger partial charge is 0.252 e. The maximum atomic E-state index is 13.0. The Balaban J connectivity index is 2.59. The molecule has 0 aromatic heterocycles. The van der Waals surface area contributed by atoms with Crippen molar-refractivity contribution >= 4 is 11.8 Å². The summed E-state index contributed by atoms with van der Waals surface area (Å²) in [5, 5.41) is 10.9. The molecule has 0 saturated heterocycles. The van der Waals surface area contributed by atoms with Crippen molar-refractivity contribution in [3.63, 3.8) is 0 Å². The molecule has 0 bridgehead atoms. The molecule has 0 fully saturated rings. The SMILES string of the molecule is N#CCCCC[C@@H](NC(=O)c1cccc(F)c1)C(N)=O. The number of unbranched alkanes of at least 4 members (excludes halogenated alkanes) is 2. The van der Waals surface area contributed by atoms with Gasteiger partial charge in [-0.1, -0.05) is 6.07 Å². The van der Waals surface area contributed by atoms with E-state index in [4.69, 9.17) is 11.0 Å². The zero-order chi connectivity index (χ0) is 15.0. The highest BCUT2D eigenvalue weighted by Gasteiger charge is 2.18. The van der Waals surface area contributed by atoms with Crippen LogP contribution in [0.1, 0.15) is 36.0 Å². The highest BCUT2D eigenvalue weighted by atomic mass is 19.1. The minimum atomic E-state index is -0.815. The van der Waals surface area contributed by atoms with Crippen LogP contribution in [0, 0.1) is 17.1 Å². The molecule has 0 aliphatic heterocycles. The van der Waals surface area contributed by atoms with Crippen LogP contribution < -0.4 is 11.1 Å². The molecule has 1 rings (SSSR count). The average Bonchev–Trinajstić information content (AvgIpc) is 2.41. The van der Waals surface area contributed by atoms with Crippen molar-refractivity contribution in [3.05, 3.63) is 35.6 Å². The van der Waals surface area contributed by atoms with Crippen molar-refractivity contribution in [2.75, 3.05) is 0 Å². The fourth-order valence-corrected chi connectivity index (χ4v) is 1.71. The second-order valence-corrected chi connectivity index (χ2v) is 4.34. The first-order chi connectivity index (χ1) is 9.54. The molecule has 1 aromatic carbocycles. The first-order valence-electron chi connectivity index (χ1n) is 6.27. The quantitative estimate of drug-likeness (QED) is 0.739. The Morgan fingerprint density at radius 3 is 2.75 bits per heavy atom. The number of carbonyl (C=O) groups is 2. The van der Waals surface area contributed by atoms with Crippen molar-refractivity contribution in [1.29, 1.82) is 5.26 Å². The van der Waals surface area contributed by atoms with Crippen LogP contribution >= 0.6 is 0 Å². The maximum Gasteiger partial charge on any atom is 0.252 e. The summed E-state index contributed by atoms with van der Waals surface area (Å²) >= 11 is 0. The average molecular weight is 277 g/mol. The standard InChI is InChI=1S/C14H16FN3O2/c15-11-6-4-5-10(9-11)14(20)18-12(13(17)19)7-2-1-3-8-16/h4-6,9,12H,1-3,7H2,(H2,17,19)(H,18,20)/t12-/m1/s1. The van der Waals surface area contributed by atoms with Crippen LogP contribution in [-0.2, 0) is 4.79 Å². The van der Waals surface area contributed by atoms with E-state index in [-0.39, 0.29) is 5.56 Å². The van der Waals surface area contributed by atoms with Crippen LogP contribution in [0.5, 0.6) is 0 Å². The van der Waals surface area contributed by atoms with Crippen LogP contribution in [0.3, 0.4) is 0 Å². The number of nitrogens with zero attached hydrogens (tertiary/aromatic N) is 1. The van der Waals surface area contributed by atoms with Gasteiger partial charge in [0.15, 0.2) is 0 Å². The largest absolute Gasteiger partial charge is 0.368 e. The lowest BCUT2D eigenvalue weighted by molar-refractivity contribution is -0.120. The van der Waals surface area contributed by atoms with Gasteiger partial charge in [-0.15, -0.1) is 0 Å². The van der Waals surface area contributed by atoms with Crippen LogP contribution in [-0.4, -0.2) is 17.9 Å². The monoisotopic (exact) mass is 277 g/mol. The molecule has 6 heteroatoms. The van der Waals surface area contributed by atoms with Crippen molar-refractivity contribution < 1.29 is 14.0 Å². The van der Waals surface area contributed by atoms with Gasteiger partial charge in [0, 0.05) is 12.0 Å². The van der Waals surface area contributed by atoms with Crippen LogP contribution in [0.4, 0.5) is 4.39 Å². The van der Waals surface area contributed by atoms with Gasteiger partial charge >= 0.3 is 0 Å². The molecule has 106 valence electrons. The van der Waals surface area contributed by atoms with E-state index < -0.39 is 23.7 Å². The molecule has 0 aliphatic carbocycles. The highest BCUT2D eigenvalue weighted by Crippen LogP contribution is 2.07. The number of amides is 2. The number of hydrogen-bond donors (Lipinski definition) is 2. The van der Waals surface area contributed by atoms with Gasteiger partial charge in [0.25, 0.3) is 5.91 Å². The van der Waals surface area contributed by atoms with Crippen molar-refractivity contribution in [1.82, 2.24) is 5.32 Å². The molecule has 0 radical (unpaired) electrons. The second kappa shape index (κ2) is 7.89. The Labute approximate surface area is 116 Å². The topological polar surface area (TPSA) is 96.0 Å². The molecule has 1 aromatic rings. The fraction of sp³-hybridized carbons (Fsp3) is 0.357. The Morgan fingerprint density at radius 1 is 1.40 bits per heavy atom. The number of primary amides is 1. The van der Waals surface area contributed by atoms with Crippen molar-refractivity contribution in [2.45, 2.75) is 31.7 Å². The third-order valence-corrected chi connectivity index (χ3v) is 2.77. The van der Waals surface area contributed by atoms with E-state index in [1.807, 2.05) is 6.07 Å². The van der Waals surface area contributed by atoms with Gasteiger partial charge < -0.3 is 11.1 Å². The Hall–Kier alpha value is -2.42. The lowest BCUT2D eigenvalue weighted by Gasteiger charge is -2.15. The number of halogens is 1. The first kappa shape index (κ1) is 15.6. The number of nitrogens with one attached hydrogen (secondary N) is 1. The third kappa shape index (κ3) is 5.06. The van der Waals surface area contributed by atoms with E-state index in [0.29, 0.717) is 25.7 Å². The molecular weight excluding hydrogens is 261 g/mol. The summed E-state index contributed by atoms with van der Waals surface area (Å²) in [4.78, 5) is 23.1. The molecule has 3 N–H and O–H groups in total. The van der Waals surface area contributed by atoms with Gasteiger partial charge in [0.1, 0.15) is 11.9 Å². The summed E-state index contributed by atoms with van der Waals surface area (Å²) in [6.07, 6.45) is 1.99. The maximum absolute atomic E-state index is 13.0. The second-order valence-electron chi connectivity index (χ2n) is 4.34. The van der Waals surface area contributed by atoms with Crippen LogP contribution in [0.15, 0.2) is 24.3 Å². The van der Waals surface area contributed by atoms with Crippen LogP contribution in [0.25, 0.3) is 0 Å². The van der Waals surface area contributed by atoms with E-state index in [9.17, 15) is 14.0 Å². The summed E-state index contributed by atoms with van der Waals surface area (Å²) in [7, 11) is 0. The highest BCUT2D eigenvalue weighted by molar-refractivity contribution is 5.97. The molecule has 0 aliphatic rings. The van der Waals surface area contributed by atoms with E-state index in [2.05, 4.69) is 5.32 Å². The molecule has 2 amide bonds. The normalized spacial score (nSPS) is 11.4. The van der Waals surface area contributed by atoms with Crippen molar-refractivity contribution in [3.8, 4) is 6.07 Å². The first-order valence-corrected chi connectivity index (χ1v) is 6.27. The van der Waals surface area contributed by atoms with Gasteiger partial charge in [-0.2, -0.15) is 5.26 Å². The molecule has 0 heterocycles. The van der Waals surface area contributed by atoms with Crippen molar-refractivity contribution in [2.24, 2.45) is 5.73 Å². The number of carbonyl (C=O) groups excluding carboxylic acids is 2. The van der Waals surface area contributed by atoms with Gasteiger partial charge in [-0.25, -0.2) is 4.39 Å². The summed E-state index contributed by atoms with van der Waals surface area (Å²) in [5.74, 6) is -1.72. The summed E-state index contributed by atoms with van der Waals surface area (Å²) in [6, 6.07) is 6.36. The fourth-order valence-electron chi connectivity index (χ4n) is 1.71. The zero-order valence-corrected chi connectivity index (χ0v) is 10.9. The van der Waals surface area contributed by atoms with E-state index >= 15 is 0 Å². The molecule has 1 atom stereocenters. The van der Waals surface area contributed by atoms with Gasteiger partial charge in [0.2, 0.25) is 5.91 Å². The van der Waals surface area contributed by atoms with E-state index in [0.717, 1.165) is 6.07 Å². The van der Waals surface area contributed by atoms with Crippen LogP contribution in [0.2, 0.25) is 0 Å². The molecule has 0 unspecified atom stereocenters. The minimum Gasteiger partial charge on any atom is -0.368 e. The number of nitrogens with two attached hydrogens (primary N) is 1. The number of nitriles is 1. The lowest BCUT2D eigenvalue weighted by atomic mass is 10.1. The Bertz CT molecular complexity index is 525. The summed E-state index contributed by atoms with van der Waals surface area (Å²) < 4.78 is 13.0. The zero-order valence-electron chi connectivity index (χ0n) is 10.9. The van der Waals surface area contributed by atoms with Gasteiger partial charge in [-0.3, -0.25) is 9.59 Å². The predicted molar refractivity (Wildman–Crippen MR) is 70.9 cm³/mol. The molecule has 0 spiro atoms.